The molecule has 0 bridgehead atoms. The van der Waals surface area contributed by atoms with Crippen molar-refractivity contribution in [1.82, 2.24) is 4.90 Å². The topological polar surface area (TPSA) is 20.3 Å². The minimum Gasteiger partial charge on any atom is -0.300 e. The van der Waals surface area contributed by atoms with Crippen LogP contribution in [0.4, 0.5) is 0 Å². The molecule has 1 saturated heterocycles. The Balaban J connectivity index is 1.94. The van der Waals surface area contributed by atoms with Crippen LogP contribution in [0.1, 0.15) is 59.8 Å². The zero-order chi connectivity index (χ0) is 14.0. The van der Waals surface area contributed by atoms with Crippen LogP contribution in [0, 0.1) is 23.7 Å². The van der Waals surface area contributed by atoms with E-state index in [1.54, 1.807) is 0 Å². The number of carbonyl (C=O) groups excluding carboxylic acids is 1. The zero-order valence-corrected chi connectivity index (χ0v) is 13.2. The number of Topliss-reactive ketones (excluding diaryl/α,β-unsaturated/α-hetero) is 1. The van der Waals surface area contributed by atoms with Crippen LogP contribution in [-0.2, 0) is 4.79 Å². The van der Waals surface area contributed by atoms with E-state index in [-0.39, 0.29) is 0 Å². The fourth-order valence-corrected chi connectivity index (χ4v) is 3.85. The van der Waals surface area contributed by atoms with Gasteiger partial charge < -0.3 is 0 Å². The Kier molecular flexibility index (Phi) is 5.05. The van der Waals surface area contributed by atoms with Gasteiger partial charge in [-0.3, -0.25) is 9.69 Å². The van der Waals surface area contributed by atoms with Gasteiger partial charge in [-0.25, -0.2) is 0 Å². The molecule has 0 radical (unpaired) electrons. The summed E-state index contributed by atoms with van der Waals surface area (Å²) in [5.74, 6) is 3.14. The van der Waals surface area contributed by atoms with Crippen LogP contribution in [-0.4, -0.2) is 29.8 Å². The highest BCUT2D eigenvalue weighted by atomic mass is 16.1. The number of hydrogen-bond donors (Lipinski definition) is 0. The summed E-state index contributed by atoms with van der Waals surface area (Å²) in [7, 11) is 0. The van der Waals surface area contributed by atoms with E-state index in [1.807, 2.05) is 0 Å². The summed E-state index contributed by atoms with van der Waals surface area (Å²) in [5.41, 5.74) is 0. The van der Waals surface area contributed by atoms with Crippen molar-refractivity contribution in [3.8, 4) is 0 Å². The quantitative estimate of drug-likeness (QED) is 0.774. The molecular weight excluding hydrogens is 234 g/mol. The molecular formula is C17H31NO. The highest BCUT2D eigenvalue weighted by Crippen LogP contribution is 2.33. The van der Waals surface area contributed by atoms with E-state index in [0.29, 0.717) is 17.7 Å². The summed E-state index contributed by atoms with van der Waals surface area (Å²) in [6.45, 7) is 11.5. The average Bonchev–Trinajstić information content (AvgIpc) is 2.36. The normalized spacial score (nSPS) is 37.8. The molecule has 0 aromatic carbocycles. The number of piperidine rings is 1. The first-order chi connectivity index (χ1) is 8.97. The van der Waals surface area contributed by atoms with Gasteiger partial charge in [0, 0.05) is 31.5 Å². The summed E-state index contributed by atoms with van der Waals surface area (Å²) in [5, 5.41) is 0. The fraction of sp³-hybridized carbons (Fsp3) is 0.941. The molecule has 0 amide bonds. The third-order valence-electron chi connectivity index (χ3n) is 5.45. The van der Waals surface area contributed by atoms with Gasteiger partial charge in [0.25, 0.3) is 0 Å². The van der Waals surface area contributed by atoms with Gasteiger partial charge in [0.15, 0.2) is 0 Å². The Morgan fingerprint density at radius 2 is 1.95 bits per heavy atom. The molecule has 4 unspecified atom stereocenters. The minimum absolute atomic E-state index is 0.314. The van der Waals surface area contributed by atoms with E-state index in [9.17, 15) is 4.79 Å². The summed E-state index contributed by atoms with van der Waals surface area (Å²) >= 11 is 0. The minimum atomic E-state index is 0.314. The number of ketones is 1. The number of carbonyl (C=O) groups is 1. The maximum absolute atomic E-state index is 12.2. The molecule has 19 heavy (non-hydrogen) atoms. The van der Waals surface area contributed by atoms with E-state index in [1.165, 1.54) is 19.4 Å². The van der Waals surface area contributed by atoms with Gasteiger partial charge in [0.1, 0.15) is 5.78 Å². The van der Waals surface area contributed by atoms with Crippen LogP contribution >= 0.6 is 0 Å². The van der Waals surface area contributed by atoms with Gasteiger partial charge in [0.05, 0.1) is 0 Å². The lowest BCUT2D eigenvalue weighted by Gasteiger charge is -2.40. The van der Waals surface area contributed by atoms with Crippen molar-refractivity contribution < 1.29 is 4.79 Å². The first kappa shape index (κ1) is 15.0. The first-order valence-corrected chi connectivity index (χ1v) is 8.24. The molecule has 2 rings (SSSR count). The SMILES string of the molecule is CC1CCC(C)N(CC2CC(C(C)C)CCC2=O)C1. The third-order valence-corrected chi connectivity index (χ3v) is 5.45. The molecule has 2 nitrogen and oxygen atoms in total. The van der Waals surface area contributed by atoms with Gasteiger partial charge >= 0.3 is 0 Å². The molecule has 0 spiro atoms. The van der Waals surface area contributed by atoms with Crippen LogP contribution < -0.4 is 0 Å². The van der Waals surface area contributed by atoms with Crippen molar-refractivity contribution >= 4 is 5.78 Å². The molecule has 1 saturated carbocycles. The van der Waals surface area contributed by atoms with Crippen molar-refractivity contribution in [2.45, 2.75) is 65.8 Å². The summed E-state index contributed by atoms with van der Waals surface area (Å²) in [6.07, 6.45) is 5.74. The third kappa shape index (κ3) is 3.81. The molecule has 0 aromatic rings. The number of hydrogen-bond acceptors (Lipinski definition) is 2. The standard InChI is InChI=1S/C17H31NO/c1-12(2)15-7-8-17(19)16(9-15)11-18-10-13(3)5-6-14(18)4/h12-16H,5-11H2,1-4H3. The lowest BCUT2D eigenvalue weighted by molar-refractivity contribution is -0.127. The summed E-state index contributed by atoms with van der Waals surface area (Å²) in [4.78, 5) is 14.8. The number of rotatable bonds is 3. The van der Waals surface area contributed by atoms with Gasteiger partial charge in [-0.15, -0.1) is 0 Å². The maximum Gasteiger partial charge on any atom is 0.137 e. The van der Waals surface area contributed by atoms with Crippen LogP contribution in [0.25, 0.3) is 0 Å². The molecule has 2 heteroatoms. The highest BCUT2D eigenvalue weighted by Gasteiger charge is 2.33. The van der Waals surface area contributed by atoms with Gasteiger partial charge in [0.2, 0.25) is 0 Å². The van der Waals surface area contributed by atoms with Crippen molar-refractivity contribution in [3.05, 3.63) is 0 Å². The smallest absolute Gasteiger partial charge is 0.137 e. The zero-order valence-electron chi connectivity index (χ0n) is 13.2. The predicted octanol–water partition coefficient (Wildman–Crippen LogP) is 3.75. The molecule has 0 aromatic heterocycles. The lowest BCUT2D eigenvalue weighted by atomic mass is 9.75. The monoisotopic (exact) mass is 265 g/mol. The average molecular weight is 265 g/mol. The predicted molar refractivity (Wildman–Crippen MR) is 80.1 cm³/mol. The number of nitrogens with zero attached hydrogens (tertiary/aromatic N) is 1. The van der Waals surface area contributed by atoms with Crippen LogP contribution in [0.3, 0.4) is 0 Å². The Bertz CT molecular complexity index is 312. The molecule has 110 valence electrons. The highest BCUT2D eigenvalue weighted by molar-refractivity contribution is 5.82. The van der Waals surface area contributed by atoms with Gasteiger partial charge in [-0.05, 0) is 50.4 Å². The van der Waals surface area contributed by atoms with E-state index in [2.05, 4.69) is 32.6 Å². The summed E-state index contributed by atoms with van der Waals surface area (Å²) in [6, 6.07) is 0.670. The van der Waals surface area contributed by atoms with Crippen LogP contribution in [0.2, 0.25) is 0 Å². The molecule has 1 heterocycles. The van der Waals surface area contributed by atoms with Crippen molar-refractivity contribution in [3.63, 3.8) is 0 Å². The lowest BCUT2D eigenvalue weighted by Crippen LogP contribution is -2.46. The Morgan fingerprint density at radius 3 is 2.63 bits per heavy atom. The summed E-state index contributed by atoms with van der Waals surface area (Å²) < 4.78 is 0. The molecule has 1 aliphatic heterocycles. The second kappa shape index (κ2) is 6.39. The number of likely N-dealkylation sites (tertiary alicyclic amines) is 1. The largest absolute Gasteiger partial charge is 0.300 e. The molecule has 2 aliphatic rings. The van der Waals surface area contributed by atoms with Crippen molar-refractivity contribution in [2.24, 2.45) is 23.7 Å². The van der Waals surface area contributed by atoms with Crippen LogP contribution in [0.5, 0.6) is 0 Å². The Morgan fingerprint density at radius 1 is 1.21 bits per heavy atom. The second-order valence-electron chi connectivity index (χ2n) is 7.43. The maximum atomic E-state index is 12.2. The van der Waals surface area contributed by atoms with E-state index in [0.717, 1.165) is 43.6 Å². The van der Waals surface area contributed by atoms with Gasteiger partial charge in [-0.2, -0.15) is 0 Å². The van der Waals surface area contributed by atoms with Crippen molar-refractivity contribution in [1.29, 1.82) is 0 Å². The fourth-order valence-electron chi connectivity index (χ4n) is 3.85. The molecule has 4 atom stereocenters. The van der Waals surface area contributed by atoms with E-state index in [4.69, 9.17) is 0 Å². The van der Waals surface area contributed by atoms with E-state index >= 15 is 0 Å². The van der Waals surface area contributed by atoms with Gasteiger partial charge in [-0.1, -0.05) is 20.8 Å². The first-order valence-electron chi connectivity index (χ1n) is 8.24. The Hall–Kier alpha value is -0.370. The van der Waals surface area contributed by atoms with Crippen LogP contribution in [0.15, 0.2) is 0 Å². The second-order valence-corrected chi connectivity index (χ2v) is 7.43. The molecule has 2 fully saturated rings. The van der Waals surface area contributed by atoms with Crippen molar-refractivity contribution in [2.75, 3.05) is 13.1 Å². The molecule has 0 N–H and O–H groups in total. The molecule has 1 aliphatic carbocycles. The van der Waals surface area contributed by atoms with E-state index < -0.39 is 0 Å². The Labute approximate surface area is 118 Å².